The Morgan fingerprint density at radius 3 is 3.18 bits per heavy atom. The fourth-order valence-electron chi connectivity index (χ4n) is 1.29. The minimum atomic E-state index is -0.359. The summed E-state index contributed by atoms with van der Waals surface area (Å²) in [6, 6.07) is 1.66. The molecule has 0 aromatic carbocycles. The van der Waals surface area contributed by atoms with Crippen molar-refractivity contribution in [2.24, 2.45) is 12.9 Å². The van der Waals surface area contributed by atoms with Crippen LogP contribution in [-0.2, 0) is 12.8 Å². The number of nitrogen functional groups attached to an aromatic ring is 1. The number of nitrogens with two attached hydrogens (primary N) is 1. The number of aromatic nitrogens is 2. The summed E-state index contributed by atoms with van der Waals surface area (Å²) in [6.07, 6.45) is 4.99. The standard InChI is InChI=1S/C10H12N4O2S/c1-14-3-2-12-10(14)17-6-8-4-7(5-16-8)9(15)13-11/h2-5H,6,11H2,1H3,(H,13,15). The average Bonchev–Trinajstić information content (AvgIpc) is 2.94. The van der Waals surface area contributed by atoms with Crippen LogP contribution in [0.2, 0.25) is 0 Å². The molecule has 90 valence electrons. The molecule has 0 bridgehead atoms. The van der Waals surface area contributed by atoms with Gasteiger partial charge in [0.2, 0.25) is 0 Å². The number of furan rings is 1. The Labute approximate surface area is 102 Å². The first-order valence-electron chi connectivity index (χ1n) is 4.89. The highest BCUT2D eigenvalue weighted by Crippen LogP contribution is 2.21. The summed E-state index contributed by atoms with van der Waals surface area (Å²) in [5, 5.41) is 0.895. The summed E-state index contributed by atoms with van der Waals surface area (Å²) in [5.74, 6) is 5.98. The number of imidazole rings is 1. The summed E-state index contributed by atoms with van der Waals surface area (Å²) in [5.41, 5.74) is 2.47. The number of rotatable bonds is 4. The minimum absolute atomic E-state index is 0.359. The Kier molecular flexibility index (Phi) is 3.50. The molecule has 0 radical (unpaired) electrons. The monoisotopic (exact) mass is 252 g/mol. The number of amides is 1. The van der Waals surface area contributed by atoms with E-state index in [4.69, 9.17) is 10.3 Å². The lowest BCUT2D eigenvalue weighted by atomic mass is 10.3. The van der Waals surface area contributed by atoms with Crippen LogP contribution in [0, 0.1) is 0 Å². The fraction of sp³-hybridized carbons (Fsp3) is 0.200. The third kappa shape index (κ3) is 2.69. The Hall–Kier alpha value is -1.73. The van der Waals surface area contributed by atoms with Gasteiger partial charge in [-0.05, 0) is 6.07 Å². The topological polar surface area (TPSA) is 86.1 Å². The molecule has 0 aliphatic carbocycles. The largest absolute Gasteiger partial charge is 0.468 e. The second-order valence-corrected chi connectivity index (χ2v) is 4.33. The third-order valence-corrected chi connectivity index (χ3v) is 3.25. The summed E-state index contributed by atoms with van der Waals surface area (Å²) in [4.78, 5) is 15.4. The van der Waals surface area contributed by atoms with Crippen LogP contribution in [0.4, 0.5) is 0 Å². The zero-order chi connectivity index (χ0) is 12.3. The van der Waals surface area contributed by atoms with Crippen LogP contribution in [0.3, 0.4) is 0 Å². The molecule has 2 aromatic heterocycles. The van der Waals surface area contributed by atoms with Crippen molar-refractivity contribution in [3.05, 3.63) is 36.0 Å². The van der Waals surface area contributed by atoms with E-state index in [1.165, 1.54) is 18.0 Å². The SMILES string of the molecule is Cn1ccnc1SCc1cc(C(=O)NN)co1. The quantitative estimate of drug-likeness (QED) is 0.365. The van der Waals surface area contributed by atoms with E-state index >= 15 is 0 Å². The van der Waals surface area contributed by atoms with Gasteiger partial charge in [0.1, 0.15) is 12.0 Å². The Morgan fingerprint density at radius 2 is 2.53 bits per heavy atom. The molecule has 7 heteroatoms. The lowest BCUT2D eigenvalue weighted by Crippen LogP contribution is -2.29. The van der Waals surface area contributed by atoms with Crippen molar-refractivity contribution in [3.63, 3.8) is 0 Å². The number of nitrogens with one attached hydrogen (secondary N) is 1. The van der Waals surface area contributed by atoms with Gasteiger partial charge in [-0.1, -0.05) is 11.8 Å². The first kappa shape index (κ1) is 11.7. The molecule has 0 fully saturated rings. The summed E-state index contributed by atoms with van der Waals surface area (Å²) < 4.78 is 7.17. The van der Waals surface area contributed by atoms with Gasteiger partial charge in [0.25, 0.3) is 5.91 Å². The lowest BCUT2D eigenvalue weighted by molar-refractivity contribution is 0.0953. The fourth-order valence-corrected chi connectivity index (χ4v) is 2.11. The minimum Gasteiger partial charge on any atom is -0.468 e. The predicted octanol–water partition coefficient (Wildman–Crippen LogP) is 0.909. The van der Waals surface area contributed by atoms with E-state index in [0.717, 1.165) is 5.16 Å². The average molecular weight is 252 g/mol. The van der Waals surface area contributed by atoms with E-state index in [-0.39, 0.29) is 5.91 Å². The van der Waals surface area contributed by atoms with Gasteiger partial charge in [-0.15, -0.1) is 0 Å². The molecule has 3 N–H and O–H groups in total. The summed E-state index contributed by atoms with van der Waals surface area (Å²) in [6.45, 7) is 0. The molecule has 0 saturated carbocycles. The first-order valence-corrected chi connectivity index (χ1v) is 5.87. The van der Waals surface area contributed by atoms with E-state index in [1.54, 1.807) is 12.3 Å². The maximum Gasteiger partial charge on any atom is 0.268 e. The molecular weight excluding hydrogens is 240 g/mol. The number of hydrazine groups is 1. The van der Waals surface area contributed by atoms with Crippen LogP contribution in [-0.4, -0.2) is 15.5 Å². The summed E-state index contributed by atoms with van der Waals surface area (Å²) in [7, 11) is 1.92. The highest BCUT2D eigenvalue weighted by atomic mass is 32.2. The van der Waals surface area contributed by atoms with E-state index < -0.39 is 0 Å². The highest BCUT2D eigenvalue weighted by Gasteiger charge is 2.09. The van der Waals surface area contributed by atoms with Crippen LogP contribution >= 0.6 is 11.8 Å². The molecule has 2 heterocycles. The van der Waals surface area contributed by atoms with Crippen molar-refractivity contribution in [1.82, 2.24) is 15.0 Å². The van der Waals surface area contributed by atoms with Crippen LogP contribution in [0.1, 0.15) is 16.1 Å². The van der Waals surface area contributed by atoms with Gasteiger partial charge in [-0.25, -0.2) is 10.8 Å². The normalized spacial score (nSPS) is 10.5. The highest BCUT2D eigenvalue weighted by molar-refractivity contribution is 7.98. The van der Waals surface area contributed by atoms with E-state index in [9.17, 15) is 4.79 Å². The molecular formula is C10H12N4O2S. The predicted molar refractivity (Wildman–Crippen MR) is 63.1 cm³/mol. The van der Waals surface area contributed by atoms with Gasteiger partial charge in [0.15, 0.2) is 5.16 Å². The Balaban J connectivity index is 1.98. The number of thioether (sulfide) groups is 1. The molecule has 0 aliphatic heterocycles. The van der Waals surface area contributed by atoms with Crippen molar-refractivity contribution >= 4 is 17.7 Å². The van der Waals surface area contributed by atoms with Crippen molar-refractivity contribution < 1.29 is 9.21 Å². The second-order valence-electron chi connectivity index (χ2n) is 3.38. The molecule has 1 amide bonds. The zero-order valence-electron chi connectivity index (χ0n) is 9.21. The van der Waals surface area contributed by atoms with Crippen LogP contribution in [0.25, 0.3) is 0 Å². The molecule has 2 aromatic rings. The molecule has 0 atom stereocenters. The van der Waals surface area contributed by atoms with Gasteiger partial charge < -0.3 is 8.98 Å². The maximum atomic E-state index is 11.2. The van der Waals surface area contributed by atoms with Crippen molar-refractivity contribution in [3.8, 4) is 0 Å². The molecule has 2 rings (SSSR count). The van der Waals surface area contributed by atoms with Crippen LogP contribution < -0.4 is 11.3 Å². The number of hydrogen-bond acceptors (Lipinski definition) is 5. The van der Waals surface area contributed by atoms with Crippen LogP contribution in [0.5, 0.6) is 0 Å². The number of nitrogens with zero attached hydrogens (tertiary/aromatic N) is 2. The molecule has 0 unspecified atom stereocenters. The molecule has 0 saturated heterocycles. The van der Waals surface area contributed by atoms with E-state index in [0.29, 0.717) is 17.1 Å². The van der Waals surface area contributed by atoms with E-state index in [1.807, 2.05) is 17.8 Å². The van der Waals surface area contributed by atoms with Crippen LogP contribution in [0.15, 0.2) is 34.3 Å². The first-order chi connectivity index (χ1) is 8.20. The van der Waals surface area contributed by atoms with E-state index in [2.05, 4.69) is 10.4 Å². The molecule has 6 nitrogen and oxygen atoms in total. The van der Waals surface area contributed by atoms with Crippen molar-refractivity contribution in [1.29, 1.82) is 0 Å². The molecule has 17 heavy (non-hydrogen) atoms. The zero-order valence-corrected chi connectivity index (χ0v) is 10.0. The van der Waals surface area contributed by atoms with Gasteiger partial charge >= 0.3 is 0 Å². The van der Waals surface area contributed by atoms with Gasteiger partial charge in [-0.3, -0.25) is 10.2 Å². The smallest absolute Gasteiger partial charge is 0.268 e. The number of aryl methyl sites for hydroxylation is 1. The lowest BCUT2D eigenvalue weighted by Gasteiger charge is -1.98. The molecule has 0 spiro atoms. The molecule has 0 aliphatic rings. The number of carbonyl (C=O) groups excluding carboxylic acids is 1. The number of carbonyl (C=O) groups is 1. The van der Waals surface area contributed by atoms with Crippen molar-refractivity contribution in [2.75, 3.05) is 0 Å². The van der Waals surface area contributed by atoms with Gasteiger partial charge in [-0.2, -0.15) is 0 Å². The number of hydrogen-bond donors (Lipinski definition) is 2. The second kappa shape index (κ2) is 5.07. The maximum absolute atomic E-state index is 11.2. The van der Waals surface area contributed by atoms with Gasteiger partial charge in [0, 0.05) is 19.4 Å². The van der Waals surface area contributed by atoms with Gasteiger partial charge in [0.05, 0.1) is 11.3 Å². The Morgan fingerprint density at radius 1 is 1.71 bits per heavy atom. The summed E-state index contributed by atoms with van der Waals surface area (Å²) >= 11 is 1.53. The van der Waals surface area contributed by atoms with Crippen molar-refractivity contribution in [2.45, 2.75) is 10.9 Å². The Bertz CT molecular complexity index is 520. The third-order valence-electron chi connectivity index (χ3n) is 2.17.